The molecule has 0 saturated carbocycles. The molecule has 2 atom stereocenters. The van der Waals surface area contributed by atoms with E-state index >= 15 is 0 Å². The van der Waals surface area contributed by atoms with E-state index in [1.807, 2.05) is 6.07 Å². The van der Waals surface area contributed by atoms with Gasteiger partial charge in [0.25, 0.3) is 0 Å². The van der Waals surface area contributed by atoms with Gasteiger partial charge in [0.05, 0.1) is 21.3 Å². The van der Waals surface area contributed by atoms with Gasteiger partial charge >= 0.3 is 0 Å². The highest BCUT2D eigenvalue weighted by molar-refractivity contribution is 7.89. The zero-order valence-corrected chi connectivity index (χ0v) is 17.3. The highest BCUT2D eigenvalue weighted by Crippen LogP contribution is 2.26. The van der Waals surface area contributed by atoms with E-state index in [2.05, 4.69) is 15.4 Å². The molecule has 2 aromatic rings. The third kappa shape index (κ3) is 6.03. The normalized spacial score (nSPS) is 13.6. The van der Waals surface area contributed by atoms with Crippen LogP contribution in [0.25, 0.3) is 0 Å². The van der Waals surface area contributed by atoms with Crippen LogP contribution in [0.5, 0.6) is 0 Å². The first-order chi connectivity index (χ1) is 12.6. The Kier molecular flexibility index (Phi) is 6.99. The summed E-state index contributed by atoms with van der Waals surface area (Å²) >= 11 is 7.24. The molecule has 1 heterocycles. The van der Waals surface area contributed by atoms with Gasteiger partial charge in [-0.25, -0.2) is 8.42 Å². The lowest BCUT2D eigenvalue weighted by molar-refractivity contribution is -0.123. The highest BCUT2D eigenvalue weighted by Gasteiger charge is 2.23. The largest absolute Gasteiger partial charge is 0.347 e. The van der Waals surface area contributed by atoms with Crippen LogP contribution in [0.2, 0.25) is 4.34 Å². The third-order valence-electron chi connectivity index (χ3n) is 3.59. The first-order valence-corrected chi connectivity index (χ1v) is 10.7. The Hall–Kier alpha value is -1.94. The molecule has 0 aliphatic rings. The molecule has 0 aliphatic carbocycles. The van der Waals surface area contributed by atoms with Crippen LogP contribution >= 0.6 is 22.9 Å². The number of carbonyl (C=O) groups excluding carboxylic acids is 2. The maximum atomic E-state index is 12.4. The lowest BCUT2D eigenvalue weighted by Crippen LogP contribution is -2.45. The second kappa shape index (κ2) is 8.83. The molecule has 7 nitrogen and oxygen atoms in total. The van der Waals surface area contributed by atoms with Crippen molar-refractivity contribution in [2.45, 2.75) is 37.8 Å². The molecule has 0 radical (unpaired) electrons. The van der Waals surface area contributed by atoms with Gasteiger partial charge in [0, 0.05) is 17.5 Å². The quantitative estimate of drug-likeness (QED) is 0.629. The first kappa shape index (κ1) is 21.4. The molecule has 1 aromatic heterocycles. The lowest BCUT2D eigenvalue weighted by Gasteiger charge is -2.18. The smallest absolute Gasteiger partial charge is 0.241 e. The fraction of sp³-hybridized carbons (Fsp3) is 0.294. The number of halogens is 1. The molecule has 1 aromatic carbocycles. The Morgan fingerprint density at radius 2 is 1.70 bits per heavy atom. The van der Waals surface area contributed by atoms with Gasteiger partial charge in [-0.05, 0) is 50.2 Å². The van der Waals surface area contributed by atoms with Gasteiger partial charge in [-0.1, -0.05) is 11.6 Å². The number of sulfonamides is 1. The monoisotopic (exact) mass is 429 g/mol. The summed E-state index contributed by atoms with van der Waals surface area (Å²) in [7, 11) is -3.89. The standard InChI is InChI=1S/C17H20ClN3O4S2/c1-10(15-8-9-16(18)26-15)19-17(23)11(2)21-27(24,25)14-6-4-13(5-7-14)20-12(3)22/h4-11,21H,1-3H3,(H,19,23)(H,20,22)/t10?,11-/m0/s1. The second-order valence-corrected chi connectivity index (χ2v) is 9.38. The molecule has 0 spiro atoms. The van der Waals surface area contributed by atoms with Crippen molar-refractivity contribution in [2.24, 2.45) is 0 Å². The molecule has 0 fully saturated rings. The van der Waals surface area contributed by atoms with Crippen LogP contribution < -0.4 is 15.4 Å². The Morgan fingerprint density at radius 3 is 2.22 bits per heavy atom. The number of thiophene rings is 1. The Labute approximate surface area is 167 Å². The summed E-state index contributed by atoms with van der Waals surface area (Å²) in [5, 5.41) is 5.31. The second-order valence-electron chi connectivity index (χ2n) is 5.92. The maximum Gasteiger partial charge on any atom is 0.241 e. The summed E-state index contributed by atoms with van der Waals surface area (Å²) in [5.74, 6) is -0.708. The van der Waals surface area contributed by atoms with Crippen molar-refractivity contribution in [3.8, 4) is 0 Å². The number of rotatable bonds is 7. The Morgan fingerprint density at radius 1 is 1.07 bits per heavy atom. The highest BCUT2D eigenvalue weighted by atomic mass is 35.5. The lowest BCUT2D eigenvalue weighted by atomic mass is 10.2. The van der Waals surface area contributed by atoms with Crippen molar-refractivity contribution in [1.82, 2.24) is 10.0 Å². The summed E-state index contributed by atoms with van der Waals surface area (Å²) in [6.07, 6.45) is 0. The number of nitrogens with one attached hydrogen (secondary N) is 3. The van der Waals surface area contributed by atoms with E-state index in [1.165, 1.54) is 49.4 Å². The zero-order chi connectivity index (χ0) is 20.2. The van der Waals surface area contributed by atoms with Gasteiger partial charge in [-0.3, -0.25) is 9.59 Å². The minimum Gasteiger partial charge on any atom is -0.347 e. The Bertz CT molecular complexity index is 926. The van der Waals surface area contributed by atoms with E-state index in [-0.39, 0.29) is 16.8 Å². The summed E-state index contributed by atoms with van der Waals surface area (Å²) in [4.78, 5) is 24.2. The summed E-state index contributed by atoms with van der Waals surface area (Å²) in [5.41, 5.74) is 0.482. The predicted molar refractivity (Wildman–Crippen MR) is 106 cm³/mol. The van der Waals surface area contributed by atoms with Crippen LogP contribution in [0.1, 0.15) is 31.7 Å². The van der Waals surface area contributed by atoms with Crippen molar-refractivity contribution in [1.29, 1.82) is 0 Å². The van der Waals surface area contributed by atoms with Crippen molar-refractivity contribution in [3.05, 3.63) is 45.6 Å². The van der Waals surface area contributed by atoms with Gasteiger partial charge in [0.15, 0.2) is 0 Å². The average molecular weight is 430 g/mol. The first-order valence-electron chi connectivity index (χ1n) is 8.04. The van der Waals surface area contributed by atoms with E-state index in [0.717, 1.165) is 4.88 Å². The van der Waals surface area contributed by atoms with Crippen molar-refractivity contribution in [3.63, 3.8) is 0 Å². The van der Waals surface area contributed by atoms with E-state index in [9.17, 15) is 18.0 Å². The Balaban J connectivity index is 2.01. The molecule has 2 rings (SSSR count). The van der Waals surface area contributed by atoms with Crippen molar-refractivity contribution < 1.29 is 18.0 Å². The molecule has 1 unspecified atom stereocenters. The molecular formula is C17H20ClN3O4S2. The van der Waals surface area contributed by atoms with Gasteiger partial charge in [-0.15, -0.1) is 11.3 Å². The van der Waals surface area contributed by atoms with Crippen molar-refractivity contribution in [2.75, 3.05) is 5.32 Å². The van der Waals surface area contributed by atoms with Crippen LogP contribution in [-0.4, -0.2) is 26.3 Å². The maximum absolute atomic E-state index is 12.4. The van der Waals surface area contributed by atoms with Gasteiger partial charge in [-0.2, -0.15) is 4.72 Å². The van der Waals surface area contributed by atoms with Crippen LogP contribution in [0.3, 0.4) is 0 Å². The summed E-state index contributed by atoms with van der Waals surface area (Å²) in [6.45, 7) is 4.62. The van der Waals surface area contributed by atoms with Crippen LogP contribution in [0.4, 0.5) is 5.69 Å². The molecule has 2 amide bonds. The van der Waals surface area contributed by atoms with Gasteiger partial charge in [0.2, 0.25) is 21.8 Å². The number of hydrogen-bond acceptors (Lipinski definition) is 5. The predicted octanol–water partition coefficient (Wildman–Crippen LogP) is 2.90. The minimum absolute atomic E-state index is 0.00524. The number of anilines is 1. The fourth-order valence-electron chi connectivity index (χ4n) is 2.25. The van der Waals surface area contributed by atoms with E-state index in [0.29, 0.717) is 10.0 Å². The van der Waals surface area contributed by atoms with Crippen LogP contribution in [0, 0.1) is 0 Å². The van der Waals surface area contributed by atoms with E-state index < -0.39 is 22.0 Å². The number of hydrogen-bond donors (Lipinski definition) is 3. The molecule has 146 valence electrons. The molecule has 0 saturated heterocycles. The van der Waals surface area contributed by atoms with Crippen LogP contribution in [-0.2, 0) is 19.6 Å². The summed E-state index contributed by atoms with van der Waals surface area (Å²) < 4.78 is 27.8. The SMILES string of the molecule is CC(=O)Nc1ccc(S(=O)(=O)N[C@@H](C)C(=O)NC(C)c2ccc(Cl)s2)cc1. The minimum atomic E-state index is -3.89. The number of amides is 2. The third-order valence-corrected chi connectivity index (χ3v) is 6.56. The molecule has 27 heavy (non-hydrogen) atoms. The molecule has 0 aliphatic heterocycles. The molecular weight excluding hydrogens is 410 g/mol. The average Bonchev–Trinajstić information content (AvgIpc) is 3.01. The summed E-state index contributed by atoms with van der Waals surface area (Å²) in [6, 6.07) is 7.95. The van der Waals surface area contributed by atoms with Crippen molar-refractivity contribution >= 4 is 50.5 Å². The number of carbonyl (C=O) groups is 2. The topological polar surface area (TPSA) is 104 Å². The fourth-order valence-corrected chi connectivity index (χ4v) is 4.51. The van der Waals surface area contributed by atoms with Crippen LogP contribution in [0.15, 0.2) is 41.3 Å². The zero-order valence-electron chi connectivity index (χ0n) is 14.9. The molecule has 0 bridgehead atoms. The van der Waals surface area contributed by atoms with Gasteiger partial charge in [0.1, 0.15) is 0 Å². The number of benzene rings is 1. The van der Waals surface area contributed by atoms with E-state index in [4.69, 9.17) is 11.6 Å². The molecule has 10 heteroatoms. The molecule has 3 N–H and O–H groups in total. The van der Waals surface area contributed by atoms with E-state index in [1.54, 1.807) is 13.0 Å². The van der Waals surface area contributed by atoms with Gasteiger partial charge < -0.3 is 10.6 Å².